The molecule has 0 aliphatic carbocycles. The van der Waals surface area contributed by atoms with Gasteiger partial charge in [-0.1, -0.05) is 24.3 Å². The molecule has 4 rings (SSSR count). The third-order valence-electron chi connectivity index (χ3n) is 5.20. The Balaban J connectivity index is 1.61. The summed E-state index contributed by atoms with van der Waals surface area (Å²) in [6.45, 7) is 2.26. The number of ether oxygens (including phenoxy) is 1. The van der Waals surface area contributed by atoms with Gasteiger partial charge in [0.05, 0.1) is 38.3 Å². The van der Waals surface area contributed by atoms with Crippen LogP contribution in [0.5, 0.6) is 5.75 Å². The largest absolute Gasteiger partial charge is 0.493 e. The molecule has 0 atom stereocenters. The molecule has 2 aromatic carbocycles. The first-order valence-electron chi connectivity index (χ1n) is 9.73. The molecule has 0 unspecified atom stereocenters. The van der Waals surface area contributed by atoms with E-state index in [2.05, 4.69) is 22.8 Å². The first-order valence-corrected chi connectivity index (χ1v) is 9.73. The Hall–Kier alpha value is -2.86. The molecule has 1 aromatic heterocycles. The Bertz CT molecular complexity index is 1010. The van der Waals surface area contributed by atoms with E-state index in [1.54, 1.807) is 0 Å². The SMILES string of the molecule is Cn1c(CN(Cc2ccc3c(c2)CCO3)C(=O)C[NH+](C)C)nc2ccccc21. The summed E-state index contributed by atoms with van der Waals surface area (Å²) in [6.07, 6.45) is 0.934. The molecule has 0 bridgehead atoms. The molecule has 2 heterocycles. The number of rotatable bonds is 6. The first-order chi connectivity index (χ1) is 13.5. The number of nitrogens with one attached hydrogen (secondary N) is 1. The molecule has 1 amide bonds. The molecule has 0 saturated heterocycles. The van der Waals surface area contributed by atoms with Gasteiger partial charge < -0.3 is 19.1 Å². The molecule has 6 nitrogen and oxygen atoms in total. The molecular weight excluding hydrogens is 352 g/mol. The fraction of sp³-hybridized carbons (Fsp3) is 0.364. The Kier molecular flexibility index (Phi) is 5.05. The second-order valence-electron chi connectivity index (χ2n) is 7.75. The van der Waals surface area contributed by atoms with E-state index in [0.717, 1.165) is 46.1 Å². The quantitative estimate of drug-likeness (QED) is 0.700. The summed E-state index contributed by atoms with van der Waals surface area (Å²) in [5, 5.41) is 0. The molecule has 3 aromatic rings. The van der Waals surface area contributed by atoms with Crippen LogP contribution < -0.4 is 9.64 Å². The number of aromatic nitrogens is 2. The number of hydrogen-bond acceptors (Lipinski definition) is 3. The van der Waals surface area contributed by atoms with Crippen molar-refractivity contribution in [3.05, 3.63) is 59.4 Å². The average Bonchev–Trinajstić information content (AvgIpc) is 3.25. The normalized spacial score (nSPS) is 13.0. The number of para-hydroxylation sites is 2. The molecule has 6 heteroatoms. The highest BCUT2D eigenvalue weighted by atomic mass is 16.5. The lowest BCUT2D eigenvalue weighted by Gasteiger charge is -2.23. The number of likely N-dealkylation sites (N-methyl/N-ethyl adjacent to an activating group) is 1. The molecule has 0 fully saturated rings. The highest BCUT2D eigenvalue weighted by Crippen LogP contribution is 2.26. The molecular formula is C22H27N4O2+. The molecule has 146 valence electrons. The fourth-order valence-corrected chi connectivity index (χ4v) is 3.71. The highest BCUT2D eigenvalue weighted by molar-refractivity contribution is 5.78. The predicted molar refractivity (Wildman–Crippen MR) is 108 cm³/mol. The van der Waals surface area contributed by atoms with Gasteiger partial charge >= 0.3 is 0 Å². The fourth-order valence-electron chi connectivity index (χ4n) is 3.71. The zero-order chi connectivity index (χ0) is 19.7. The van der Waals surface area contributed by atoms with Gasteiger partial charge in [0.15, 0.2) is 6.54 Å². The second-order valence-corrected chi connectivity index (χ2v) is 7.75. The van der Waals surface area contributed by atoms with Gasteiger partial charge in [-0.3, -0.25) is 4.79 Å². The van der Waals surface area contributed by atoms with Gasteiger partial charge in [0.1, 0.15) is 11.6 Å². The van der Waals surface area contributed by atoms with Gasteiger partial charge in [-0.25, -0.2) is 4.98 Å². The zero-order valence-electron chi connectivity index (χ0n) is 16.7. The predicted octanol–water partition coefficient (Wildman–Crippen LogP) is 1.18. The summed E-state index contributed by atoms with van der Waals surface area (Å²) >= 11 is 0. The lowest BCUT2D eigenvalue weighted by molar-refractivity contribution is -0.849. The maximum atomic E-state index is 13.0. The zero-order valence-corrected chi connectivity index (χ0v) is 16.7. The van der Waals surface area contributed by atoms with Crippen molar-refractivity contribution in [2.24, 2.45) is 7.05 Å². The third kappa shape index (κ3) is 3.73. The van der Waals surface area contributed by atoms with Crippen LogP contribution in [0, 0.1) is 0 Å². The monoisotopic (exact) mass is 379 g/mol. The van der Waals surface area contributed by atoms with Crippen molar-refractivity contribution in [2.75, 3.05) is 27.2 Å². The minimum Gasteiger partial charge on any atom is -0.493 e. The molecule has 0 radical (unpaired) electrons. The molecule has 0 saturated carbocycles. The van der Waals surface area contributed by atoms with Crippen LogP contribution in [0.25, 0.3) is 11.0 Å². The number of nitrogens with zero attached hydrogens (tertiary/aromatic N) is 3. The number of imidazole rings is 1. The number of fused-ring (bicyclic) bond motifs is 2. The van der Waals surface area contributed by atoms with Gasteiger partial charge in [-0.05, 0) is 29.3 Å². The molecule has 28 heavy (non-hydrogen) atoms. The average molecular weight is 379 g/mol. The minimum absolute atomic E-state index is 0.129. The van der Waals surface area contributed by atoms with Crippen LogP contribution in [-0.2, 0) is 31.4 Å². The van der Waals surface area contributed by atoms with Gasteiger partial charge in [0, 0.05) is 20.0 Å². The van der Waals surface area contributed by atoms with Crippen molar-refractivity contribution in [2.45, 2.75) is 19.5 Å². The summed E-state index contributed by atoms with van der Waals surface area (Å²) in [4.78, 5) is 20.7. The summed E-state index contributed by atoms with van der Waals surface area (Å²) in [6, 6.07) is 14.3. The molecule has 1 aliphatic rings. The van der Waals surface area contributed by atoms with E-state index in [4.69, 9.17) is 9.72 Å². The first kappa shape index (κ1) is 18.5. The van der Waals surface area contributed by atoms with Crippen LogP contribution in [0.3, 0.4) is 0 Å². The summed E-state index contributed by atoms with van der Waals surface area (Å²) in [7, 11) is 6.01. The molecule has 0 spiro atoms. The topological polar surface area (TPSA) is 51.8 Å². The smallest absolute Gasteiger partial charge is 0.278 e. The van der Waals surface area contributed by atoms with E-state index < -0.39 is 0 Å². The standard InChI is InChI=1S/C22H26N4O2/c1-24(2)15-22(27)26(13-16-8-9-20-17(12-16)10-11-28-20)14-21-23-18-6-4-5-7-19(18)25(21)3/h4-9,12H,10-11,13-15H2,1-3H3/p+1. The summed E-state index contributed by atoms with van der Waals surface area (Å²) < 4.78 is 7.68. The number of quaternary nitrogens is 1. The van der Waals surface area contributed by atoms with Crippen LogP contribution >= 0.6 is 0 Å². The number of carbonyl (C=O) groups excluding carboxylic acids is 1. The number of amides is 1. The lowest BCUT2D eigenvalue weighted by atomic mass is 10.1. The minimum atomic E-state index is 0.129. The van der Waals surface area contributed by atoms with Gasteiger partial charge in [-0.2, -0.15) is 0 Å². The Morgan fingerprint density at radius 1 is 1.21 bits per heavy atom. The van der Waals surface area contributed by atoms with Crippen LogP contribution in [0.4, 0.5) is 0 Å². The Labute approximate surface area is 165 Å². The van der Waals surface area contributed by atoms with E-state index >= 15 is 0 Å². The number of aryl methyl sites for hydroxylation is 1. The maximum Gasteiger partial charge on any atom is 0.278 e. The van der Waals surface area contributed by atoms with Crippen molar-refractivity contribution < 1.29 is 14.4 Å². The summed E-state index contributed by atoms with van der Waals surface area (Å²) in [5.74, 6) is 1.99. The van der Waals surface area contributed by atoms with Crippen molar-refractivity contribution in [3.63, 3.8) is 0 Å². The third-order valence-corrected chi connectivity index (χ3v) is 5.20. The maximum absolute atomic E-state index is 13.0. The van der Waals surface area contributed by atoms with Crippen molar-refractivity contribution >= 4 is 16.9 Å². The van der Waals surface area contributed by atoms with Crippen LogP contribution in [0.1, 0.15) is 17.0 Å². The lowest BCUT2D eigenvalue weighted by Crippen LogP contribution is -3.07. The van der Waals surface area contributed by atoms with Crippen molar-refractivity contribution in [1.29, 1.82) is 0 Å². The number of benzene rings is 2. The van der Waals surface area contributed by atoms with E-state index in [1.165, 1.54) is 5.56 Å². The molecule has 1 N–H and O–H groups in total. The Morgan fingerprint density at radius 2 is 2.04 bits per heavy atom. The highest BCUT2D eigenvalue weighted by Gasteiger charge is 2.21. The van der Waals surface area contributed by atoms with Gasteiger partial charge in [-0.15, -0.1) is 0 Å². The number of hydrogen-bond donors (Lipinski definition) is 1. The van der Waals surface area contributed by atoms with E-state index in [1.807, 2.05) is 50.3 Å². The van der Waals surface area contributed by atoms with Crippen molar-refractivity contribution in [3.8, 4) is 5.75 Å². The van der Waals surface area contributed by atoms with Crippen LogP contribution in [0.15, 0.2) is 42.5 Å². The molecule has 1 aliphatic heterocycles. The Morgan fingerprint density at radius 3 is 2.82 bits per heavy atom. The van der Waals surface area contributed by atoms with E-state index in [0.29, 0.717) is 19.6 Å². The van der Waals surface area contributed by atoms with E-state index in [-0.39, 0.29) is 5.91 Å². The van der Waals surface area contributed by atoms with Crippen LogP contribution in [0.2, 0.25) is 0 Å². The second kappa shape index (κ2) is 7.64. The van der Waals surface area contributed by atoms with E-state index in [9.17, 15) is 4.79 Å². The summed E-state index contributed by atoms with van der Waals surface area (Å²) in [5.41, 5.74) is 4.40. The number of carbonyl (C=O) groups is 1. The van der Waals surface area contributed by atoms with Gasteiger partial charge in [0.2, 0.25) is 0 Å². The van der Waals surface area contributed by atoms with Crippen LogP contribution in [-0.4, -0.2) is 47.6 Å². The van der Waals surface area contributed by atoms with Crippen molar-refractivity contribution in [1.82, 2.24) is 14.5 Å². The van der Waals surface area contributed by atoms with Gasteiger partial charge in [0.25, 0.3) is 5.91 Å².